The first-order chi connectivity index (χ1) is 4.47. The van der Waals surface area contributed by atoms with Crippen molar-refractivity contribution in [2.75, 3.05) is 13.1 Å². The molecule has 9 heavy (non-hydrogen) atoms. The minimum atomic E-state index is 0.490. The van der Waals surface area contributed by atoms with Gasteiger partial charge in [-0.3, -0.25) is 0 Å². The molecule has 0 bridgehead atoms. The van der Waals surface area contributed by atoms with Gasteiger partial charge in [0.1, 0.15) is 0 Å². The van der Waals surface area contributed by atoms with E-state index in [1.54, 1.807) is 0 Å². The topological polar surface area (TPSA) is 51.0 Å². The zero-order valence-electron chi connectivity index (χ0n) is 4.87. The molecule has 2 rings (SSSR count). The van der Waals surface area contributed by atoms with E-state index in [2.05, 4.69) is 20.0 Å². The third kappa shape index (κ3) is 0.712. The van der Waals surface area contributed by atoms with Crippen LogP contribution in [0.5, 0.6) is 0 Å². The van der Waals surface area contributed by atoms with E-state index in [9.17, 15) is 0 Å². The molecule has 0 radical (unpaired) electrons. The Morgan fingerprint density at radius 1 is 1.67 bits per heavy atom. The van der Waals surface area contributed by atoms with Gasteiger partial charge in [0.2, 0.25) is 6.39 Å². The molecule has 1 aromatic rings. The van der Waals surface area contributed by atoms with Gasteiger partial charge in [-0.2, -0.15) is 4.98 Å². The Labute approximate surface area is 52.3 Å². The van der Waals surface area contributed by atoms with Crippen LogP contribution in [0, 0.1) is 0 Å². The first-order valence-corrected chi connectivity index (χ1v) is 2.94. The molecule has 0 aromatic carbocycles. The molecule has 0 saturated carbocycles. The van der Waals surface area contributed by atoms with Crippen LogP contribution < -0.4 is 5.32 Å². The molecule has 0 atom stereocenters. The number of nitrogens with zero attached hydrogens (tertiary/aromatic N) is 2. The highest BCUT2D eigenvalue weighted by Gasteiger charge is 2.22. The predicted molar refractivity (Wildman–Crippen MR) is 29.9 cm³/mol. The first kappa shape index (κ1) is 4.93. The summed E-state index contributed by atoms with van der Waals surface area (Å²) in [5.41, 5.74) is 0. The standard InChI is InChI=1S/C5H7N3O/c1-4(2-6-1)5-7-3-9-8-5/h3-4,6H,1-2H2. The maximum Gasteiger partial charge on any atom is 0.213 e. The fraction of sp³-hybridized carbons (Fsp3) is 0.600. The van der Waals surface area contributed by atoms with E-state index in [0.29, 0.717) is 5.92 Å². The Balaban J connectivity index is 2.14. The Morgan fingerprint density at radius 2 is 2.56 bits per heavy atom. The lowest BCUT2D eigenvalue weighted by Gasteiger charge is -2.23. The van der Waals surface area contributed by atoms with Crippen LogP contribution in [0.15, 0.2) is 10.9 Å². The smallest absolute Gasteiger partial charge is 0.213 e. The van der Waals surface area contributed by atoms with Gasteiger partial charge in [0.25, 0.3) is 0 Å². The van der Waals surface area contributed by atoms with Gasteiger partial charge in [0.05, 0.1) is 0 Å². The third-order valence-corrected chi connectivity index (χ3v) is 1.52. The molecule has 1 aromatic heterocycles. The van der Waals surface area contributed by atoms with Crippen molar-refractivity contribution in [1.29, 1.82) is 0 Å². The Morgan fingerprint density at radius 3 is 3.00 bits per heavy atom. The summed E-state index contributed by atoms with van der Waals surface area (Å²) in [4.78, 5) is 3.92. The largest absolute Gasteiger partial charge is 0.343 e. The Kier molecular flexibility index (Phi) is 0.989. The predicted octanol–water partition coefficient (Wildman–Crippen LogP) is -0.244. The monoisotopic (exact) mass is 125 g/mol. The number of hydrogen-bond donors (Lipinski definition) is 1. The zero-order chi connectivity index (χ0) is 6.10. The van der Waals surface area contributed by atoms with E-state index in [1.807, 2.05) is 0 Å². The van der Waals surface area contributed by atoms with Crippen LogP contribution in [0.1, 0.15) is 11.7 Å². The second-order valence-electron chi connectivity index (χ2n) is 2.14. The van der Waals surface area contributed by atoms with Crippen LogP contribution in [0.4, 0.5) is 0 Å². The maximum atomic E-state index is 4.58. The number of nitrogens with one attached hydrogen (secondary N) is 1. The minimum absolute atomic E-state index is 0.490. The summed E-state index contributed by atoms with van der Waals surface area (Å²) < 4.78 is 4.58. The molecule has 0 unspecified atom stereocenters. The van der Waals surface area contributed by atoms with E-state index in [-0.39, 0.29) is 0 Å². The maximum absolute atomic E-state index is 4.58. The number of aromatic nitrogens is 2. The van der Waals surface area contributed by atoms with Crippen molar-refractivity contribution in [3.05, 3.63) is 12.2 Å². The van der Waals surface area contributed by atoms with Crippen LogP contribution in [0.3, 0.4) is 0 Å². The van der Waals surface area contributed by atoms with Gasteiger partial charge in [-0.25, -0.2) is 0 Å². The molecule has 4 nitrogen and oxygen atoms in total. The molecular weight excluding hydrogens is 118 g/mol. The molecule has 1 fully saturated rings. The zero-order valence-corrected chi connectivity index (χ0v) is 4.87. The van der Waals surface area contributed by atoms with Crippen molar-refractivity contribution < 1.29 is 4.52 Å². The van der Waals surface area contributed by atoms with E-state index in [1.165, 1.54) is 6.39 Å². The average Bonchev–Trinajstić information content (AvgIpc) is 2.11. The van der Waals surface area contributed by atoms with E-state index >= 15 is 0 Å². The molecule has 0 spiro atoms. The van der Waals surface area contributed by atoms with Gasteiger partial charge in [0.15, 0.2) is 5.82 Å². The van der Waals surface area contributed by atoms with Crippen LogP contribution in [-0.2, 0) is 0 Å². The SMILES string of the molecule is c1nc(C2CNC2)no1. The average molecular weight is 125 g/mol. The number of rotatable bonds is 1. The Bertz CT molecular complexity index is 180. The molecule has 48 valence electrons. The summed E-state index contributed by atoms with van der Waals surface area (Å²) in [7, 11) is 0. The first-order valence-electron chi connectivity index (χ1n) is 2.94. The van der Waals surface area contributed by atoms with Crippen molar-refractivity contribution in [2.45, 2.75) is 5.92 Å². The number of hydrogen-bond acceptors (Lipinski definition) is 4. The van der Waals surface area contributed by atoms with Crippen LogP contribution in [0.2, 0.25) is 0 Å². The third-order valence-electron chi connectivity index (χ3n) is 1.52. The van der Waals surface area contributed by atoms with E-state index in [4.69, 9.17) is 0 Å². The lowest BCUT2D eigenvalue weighted by Crippen LogP contribution is -2.40. The molecule has 1 aliphatic heterocycles. The molecular formula is C5H7N3O. The highest BCUT2D eigenvalue weighted by atomic mass is 16.5. The molecule has 0 aliphatic carbocycles. The highest BCUT2D eigenvalue weighted by Crippen LogP contribution is 2.13. The van der Waals surface area contributed by atoms with E-state index in [0.717, 1.165) is 18.9 Å². The summed E-state index contributed by atoms with van der Waals surface area (Å²) in [6.45, 7) is 1.97. The fourth-order valence-electron chi connectivity index (χ4n) is 0.830. The van der Waals surface area contributed by atoms with Gasteiger partial charge in [-0.05, 0) is 0 Å². The lowest BCUT2D eigenvalue weighted by molar-refractivity contribution is 0.376. The van der Waals surface area contributed by atoms with Crippen molar-refractivity contribution in [3.8, 4) is 0 Å². The van der Waals surface area contributed by atoms with Gasteiger partial charge in [-0.15, -0.1) is 0 Å². The lowest BCUT2D eigenvalue weighted by atomic mass is 10.0. The summed E-state index contributed by atoms with van der Waals surface area (Å²) in [5.74, 6) is 1.32. The summed E-state index contributed by atoms with van der Waals surface area (Å²) in [5, 5.41) is 6.84. The quantitative estimate of drug-likeness (QED) is 0.562. The van der Waals surface area contributed by atoms with Gasteiger partial charge < -0.3 is 9.84 Å². The fourth-order valence-corrected chi connectivity index (χ4v) is 0.830. The van der Waals surface area contributed by atoms with Crippen LogP contribution >= 0.6 is 0 Å². The molecule has 1 saturated heterocycles. The summed E-state index contributed by atoms with van der Waals surface area (Å²) in [6, 6.07) is 0. The minimum Gasteiger partial charge on any atom is -0.343 e. The highest BCUT2D eigenvalue weighted by molar-refractivity contribution is 4.99. The van der Waals surface area contributed by atoms with Crippen LogP contribution in [-0.4, -0.2) is 23.2 Å². The normalized spacial score (nSPS) is 19.6. The molecule has 0 amide bonds. The Hall–Kier alpha value is -0.900. The second-order valence-corrected chi connectivity index (χ2v) is 2.14. The van der Waals surface area contributed by atoms with E-state index < -0.39 is 0 Å². The van der Waals surface area contributed by atoms with Crippen molar-refractivity contribution >= 4 is 0 Å². The van der Waals surface area contributed by atoms with Crippen molar-refractivity contribution in [1.82, 2.24) is 15.5 Å². The summed E-state index contributed by atoms with van der Waals surface area (Å²) in [6.07, 6.45) is 1.37. The summed E-state index contributed by atoms with van der Waals surface area (Å²) >= 11 is 0. The van der Waals surface area contributed by atoms with Gasteiger partial charge in [0, 0.05) is 19.0 Å². The van der Waals surface area contributed by atoms with Gasteiger partial charge in [-0.1, -0.05) is 5.16 Å². The molecule has 1 aliphatic rings. The second kappa shape index (κ2) is 1.80. The van der Waals surface area contributed by atoms with Crippen molar-refractivity contribution in [3.63, 3.8) is 0 Å². The van der Waals surface area contributed by atoms with Crippen molar-refractivity contribution in [2.24, 2.45) is 0 Å². The van der Waals surface area contributed by atoms with Gasteiger partial charge >= 0.3 is 0 Å². The molecule has 2 heterocycles. The molecule has 1 N–H and O–H groups in total. The van der Waals surface area contributed by atoms with Crippen LogP contribution in [0.25, 0.3) is 0 Å². The molecule has 4 heteroatoms.